The van der Waals surface area contributed by atoms with Crippen LogP contribution in [0.2, 0.25) is 0 Å². The zero-order chi connectivity index (χ0) is 10.5. The normalized spacial score (nSPS) is 16.7. The van der Waals surface area contributed by atoms with Crippen LogP contribution in [0, 0.1) is 0 Å². The lowest BCUT2D eigenvalue weighted by molar-refractivity contribution is 0.475. The van der Waals surface area contributed by atoms with Crippen LogP contribution in [0.3, 0.4) is 0 Å². The number of rotatable bonds is 2. The average Bonchev–Trinajstić information content (AvgIpc) is 2.30. The molecule has 0 unspecified atom stereocenters. The van der Waals surface area contributed by atoms with E-state index in [-0.39, 0.29) is 0 Å². The van der Waals surface area contributed by atoms with Crippen LogP contribution in [0.1, 0.15) is 12.0 Å². The number of aliphatic imine (C=N–C) groups is 1. The topological polar surface area (TPSA) is 32.6 Å². The first-order valence-electron chi connectivity index (χ1n) is 4.99. The van der Waals surface area contributed by atoms with Crippen molar-refractivity contribution in [1.29, 1.82) is 0 Å². The third-order valence-electron chi connectivity index (χ3n) is 2.13. The number of aromatic hydroxyl groups is 1. The van der Waals surface area contributed by atoms with Gasteiger partial charge in [-0.3, -0.25) is 4.99 Å². The van der Waals surface area contributed by atoms with Crippen LogP contribution < -0.4 is 0 Å². The molecule has 1 aromatic carbocycles. The molecule has 0 bridgehead atoms. The van der Waals surface area contributed by atoms with E-state index in [0.717, 1.165) is 17.2 Å². The first-order valence-corrected chi connectivity index (χ1v) is 5.97. The van der Waals surface area contributed by atoms with Crippen molar-refractivity contribution < 1.29 is 5.11 Å². The largest absolute Gasteiger partial charge is 0.508 e. The van der Waals surface area contributed by atoms with Crippen LogP contribution in [-0.4, -0.2) is 22.4 Å². The fourth-order valence-corrected chi connectivity index (χ4v) is 2.16. The molecule has 0 aliphatic carbocycles. The minimum Gasteiger partial charge on any atom is -0.508 e. The Morgan fingerprint density at radius 3 is 2.67 bits per heavy atom. The van der Waals surface area contributed by atoms with E-state index in [1.165, 1.54) is 12.2 Å². The highest BCUT2D eigenvalue weighted by atomic mass is 32.2. The average molecular weight is 219 g/mol. The van der Waals surface area contributed by atoms with Gasteiger partial charge < -0.3 is 5.11 Å². The Balaban J connectivity index is 2.04. The van der Waals surface area contributed by atoms with E-state index in [1.807, 2.05) is 24.3 Å². The summed E-state index contributed by atoms with van der Waals surface area (Å²) in [7, 11) is 0. The third-order valence-corrected chi connectivity index (χ3v) is 3.19. The SMILES string of the molecule is Oc1ccc(C=CC2=NCCCS2)cc1. The van der Waals surface area contributed by atoms with Gasteiger partial charge in [-0.2, -0.15) is 0 Å². The number of benzene rings is 1. The van der Waals surface area contributed by atoms with Gasteiger partial charge in [0.25, 0.3) is 0 Å². The Hall–Kier alpha value is -1.22. The summed E-state index contributed by atoms with van der Waals surface area (Å²) in [5.41, 5.74) is 1.08. The quantitative estimate of drug-likeness (QED) is 0.829. The Kier molecular flexibility index (Phi) is 3.45. The fourth-order valence-electron chi connectivity index (χ4n) is 1.33. The summed E-state index contributed by atoms with van der Waals surface area (Å²) < 4.78 is 0. The van der Waals surface area contributed by atoms with Gasteiger partial charge in [-0.05, 0) is 30.2 Å². The molecule has 2 rings (SSSR count). The molecule has 0 radical (unpaired) electrons. The van der Waals surface area contributed by atoms with E-state index in [2.05, 4.69) is 4.99 Å². The second-order valence-electron chi connectivity index (χ2n) is 3.35. The molecule has 1 aromatic rings. The molecule has 3 heteroatoms. The van der Waals surface area contributed by atoms with Gasteiger partial charge in [-0.15, -0.1) is 11.8 Å². The van der Waals surface area contributed by atoms with E-state index in [9.17, 15) is 0 Å². The molecular weight excluding hydrogens is 206 g/mol. The van der Waals surface area contributed by atoms with E-state index in [1.54, 1.807) is 23.9 Å². The van der Waals surface area contributed by atoms with E-state index < -0.39 is 0 Å². The zero-order valence-corrected chi connectivity index (χ0v) is 9.20. The van der Waals surface area contributed by atoms with Gasteiger partial charge in [0, 0.05) is 12.3 Å². The van der Waals surface area contributed by atoms with Crippen molar-refractivity contribution in [2.45, 2.75) is 6.42 Å². The Morgan fingerprint density at radius 2 is 2.00 bits per heavy atom. The Morgan fingerprint density at radius 1 is 1.20 bits per heavy atom. The van der Waals surface area contributed by atoms with Crippen LogP contribution in [0.5, 0.6) is 5.75 Å². The third kappa shape index (κ3) is 3.13. The van der Waals surface area contributed by atoms with E-state index in [4.69, 9.17) is 5.11 Å². The van der Waals surface area contributed by atoms with Gasteiger partial charge in [0.2, 0.25) is 0 Å². The summed E-state index contributed by atoms with van der Waals surface area (Å²) in [5.74, 6) is 1.47. The van der Waals surface area contributed by atoms with Crippen LogP contribution >= 0.6 is 11.8 Å². The Labute approximate surface area is 93.7 Å². The predicted molar refractivity (Wildman–Crippen MR) is 66.5 cm³/mol. The molecule has 0 spiro atoms. The molecule has 0 saturated carbocycles. The molecule has 1 aliphatic heterocycles. The molecular formula is C12H13NOS. The summed E-state index contributed by atoms with van der Waals surface area (Å²) in [6.45, 7) is 0.947. The smallest absolute Gasteiger partial charge is 0.115 e. The highest BCUT2D eigenvalue weighted by Gasteiger charge is 2.01. The number of nitrogens with zero attached hydrogens (tertiary/aromatic N) is 1. The monoisotopic (exact) mass is 219 g/mol. The van der Waals surface area contributed by atoms with Crippen LogP contribution in [0.15, 0.2) is 35.3 Å². The summed E-state index contributed by atoms with van der Waals surface area (Å²) in [6, 6.07) is 7.16. The highest BCUT2D eigenvalue weighted by Crippen LogP contribution is 2.15. The van der Waals surface area contributed by atoms with Gasteiger partial charge in [0.1, 0.15) is 5.75 Å². The zero-order valence-electron chi connectivity index (χ0n) is 8.39. The van der Waals surface area contributed by atoms with Gasteiger partial charge in [-0.1, -0.05) is 18.2 Å². The molecule has 78 valence electrons. The molecule has 2 nitrogen and oxygen atoms in total. The van der Waals surface area contributed by atoms with E-state index >= 15 is 0 Å². The van der Waals surface area contributed by atoms with Crippen molar-refractivity contribution in [3.8, 4) is 5.75 Å². The standard InChI is InChI=1S/C12H13NOS/c14-11-5-2-10(3-6-11)4-7-12-13-8-1-9-15-12/h2-7,14H,1,8-9H2. The maximum atomic E-state index is 9.12. The maximum Gasteiger partial charge on any atom is 0.115 e. The molecule has 0 saturated heterocycles. The summed E-state index contributed by atoms with van der Waals surface area (Å²) in [6.07, 6.45) is 5.24. The van der Waals surface area contributed by atoms with Gasteiger partial charge in [-0.25, -0.2) is 0 Å². The van der Waals surface area contributed by atoms with Gasteiger partial charge in [0.15, 0.2) is 0 Å². The molecule has 0 atom stereocenters. The highest BCUT2D eigenvalue weighted by molar-refractivity contribution is 8.14. The van der Waals surface area contributed by atoms with Gasteiger partial charge in [0.05, 0.1) is 5.04 Å². The summed E-state index contributed by atoms with van der Waals surface area (Å²) >= 11 is 1.80. The first-order chi connectivity index (χ1) is 7.34. The minimum atomic E-state index is 0.302. The summed E-state index contributed by atoms with van der Waals surface area (Å²) in [4.78, 5) is 4.41. The lowest BCUT2D eigenvalue weighted by Crippen LogP contribution is -1.99. The molecule has 1 N–H and O–H groups in total. The number of phenols is 1. The molecule has 0 fully saturated rings. The van der Waals surface area contributed by atoms with Crippen molar-refractivity contribution >= 4 is 22.9 Å². The molecule has 15 heavy (non-hydrogen) atoms. The molecule has 0 amide bonds. The second kappa shape index (κ2) is 5.03. The second-order valence-corrected chi connectivity index (χ2v) is 4.46. The van der Waals surface area contributed by atoms with Crippen molar-refractivity contribution in [1.82, 2.24) is 0 Å². The molecule has 1 heterocycles. The van der Waals surface area contributed by atoms with Crippen LogP contribution in [-0.2, 0) is 0 Å². The first kappa shape index (κ1) is 10.3. The van der Waals surface area contributed by atoms with Crippen molar-refractivity contribution in [2.75, 3.05) is 12.3 Å². The fraction of sp³-hybridized carbons (Fsp3) is 0.250. The van der Waals surface area contributed by atoms with Crippen LogP contribution in [0.4, 0.5) is 0 Å². The van der Waals surface area contributed by atoms with Gasteiger partial charge >= 0.3 is 0 Å². The lowest BCUT2D eigenvalue weighted by Gasteiger charge is -2.06. The van der Waals surface area contributed by atoms with E-state index in [0.29, 0.717) is 5.75 Å². The number of thioether (sulfide) groups is 1. The van der Waals surface area contributed by atoms with Crippen molar-refractivity contribution in [3.05, 3.63) is 35.9 Å². The summed E-state index contributed by atoms with van der Waals surface area (Å²) in [5, 5.41) is 10.2. The van der Waals surface area contributed by atoms with Crippen molar-refractivity contribution in [2.24, 2.45) is 4.99 Å². The lowest BCUT2D eigenvalue weighted by atomic mass is 10.2. The molecule has 1 aliphatic rings. The maximum absolute atomic E-state index is 9.12. The predicted octanol–water partition coefficient (Wildman–Crippen LogP) is 2.94. The number of phenolic OH excluding ortho intramolecular Hbond substituents is 1. The number of hydrogen-bond donors (Lipinski definition) is 1. The van der Waals surface area contributed by atoms with Crippen molar-refractivity contribution in [3.63, 3.8) is 0 Å². The minimum absolute atomic E-state index is 0.302. The number of hydrogen-bond acceptors (Lipinski definition) is 3. The molecule has 0 aromatic heterocycles. The van der Waals surface area contributed by atoms with Crippen LogP contribution in [0.25, 0.3) is 6.08 Å². The Bertz CT molecular complexity index is 381.